The van der Waals surface area contributed by atoms with Crippen LogP contribution in [0.15, 0.2) is 23.0 Å². The lowest BCUT2D eigenvalue weighted by molar-refractivity contribution is 0.184. The summed E-state index contributed by atoms with van der Waals surface area (Å²) in [4.78, 5) is 4.09. The van der Waals surface area contributed by atoms with E-state index in [1.54, 1.807) is 25.4 Å². The Labute approximate surface area is 117 Å². The maximum absolute atomic E-state index is 9.57. The molecule has 0 aromatic carbocycles. The molecule has 0 aliphatic rings. The van der Waals surface area contributed by atoms with E-state index < -0.39 is 6.10 Å². The second-order valence-corrected chi connectivity index (χ2v) is 4.40. The predicted octanol–water partition coefficient (Wildman–Crippen LogP) is 1.10. The molecule has 6 heteroatoms. The van der Waals surface area contributed by atoms with Crippen LogP contribution < -0.4 is 0 Å². The van der Waals surface area contributed by atoms with Gasteiger partial charge in [-0.2, -0.15) is 0 Å². The number of aromatic nitrogens is 3. The van der Waals surface area contributed by atoms with Crippen molar-refractivity contribution >= 4 is 0 Å². The summed E-state index contributed by atoms with van der Waals surface area (Å²) in [7, 11) is 0. The molecule has 0 radical (unpaired) electrons. The minimum absolute atomic E-state index is 0.138. The topological polar surface area (TPSA) is 84.3 Å². The van der Waals surface area contributed by atoms with Crippen LogP contribution in [0.5, 0.6) is 0 Å². The van der Waals surface area contributed by atoms with Gasteiger partial charge in [0.05, 0.1) is 6.54 Å². The Morgan fingerprint density at radius 1 is 1.50 bits per heavy atom. The molecular formula is C14H17N3O3. The van der Waals surface area contributed by atoms with Crippen LogP contribution >= 0.6 is 0 Å². The van der Waals surface area contributed by atoms with Gasteiger partial charge in [-0.25, -0.2) is 4.98 Å². The first-order valence-corrected chi connectivity index (χ1v) is 6.45. The number of rotatable bonds is 5. The van der Waals surface area contributed by atoms with Crippen molar-refractivity contribution in [3.8, 4) is 11.8 Å². The lowest BCUT2D eigenvalue weighted by Crippen LogP contribution is -2.07. The molecule has 2 N–H and O–H groups in total. The van der Waals surface area contributed by atoms with Crippen molar-refractivity contribution in [3.63, 3.8) is 0 Å². The molecule has 2 aromatic heterocycles. The zero-order valence-corrected chi connectivity index (χ0v) is 11.3. The summed E-state index contributed by atoms with van der Waals surface area (Å²) in [5.41, 5.74) is 0.719. The number of imidazole rings is 1. The molecule has 0 aliphatic carbocycles. The van der Waals surface area contributed by atoms with E-state index in [9.17, 15) is 5.11 Å². The molecule has 0 fully saturated rings. The van der Waals surface area contributed by atoms with Gasteiger partial charge in [-0.15, -0.1) is 0 Å². The van der Waals surface area contributed by atoms with Crippen LogP contribution in [0.25, 0.3) is 0 Å². The molecule has 2 aromatic rings. The zero-order chi connectivity index (χ0) is 14.4. The maximum Gasteiger partial charge on any atom is 0.209 e. The lowest BCUT2D eigenvalue weighted by Gasteiger charge is -2.07. The van der Waals surface area contributed by atoms with Gasteiger partial charge in [0.25, 0.3) is 0 Å². The van der Waals surface area contributed by atoms with Gasteiger partial charge in [0.2, 0.25) is 5.76 Å². The van der Waals surface area contributed by atoms with Crippen LogP contribution in [0.4, 0.5) is 0 Å². The molecule has 6 nitrogen and oxygen atoms in total. The first-order valence-electron chi connectivity index (χ1n) is 6.45. The molecule has 0 aliphatic heterocycles. The Hall–Kier alpha value is -2.10. The van der Waals surface area contributed by atoms with Crippen LogP contribution in [0, 0.1) is 11.8 Å². The van der Waals surface area contributed by atoms with Crippen molar-refractivity contribution < 1.29 is 14.7 Å². The normalized spacial score (nSPS) is 11.9. The number of hydrogen-bond donors (Lipinski definition) is 2. The van der Waals surface area contributed by atoms with Gasteiger partial charge >= 0.3 is 0 Å². The van der Waals surface area contributed by atoms with Crippen molar-refractivity contribution in [2.45, 2.75) is 32.4 Å². The van der Waals surface area contributed by atoms with Crippen LogP contribution in [-0.2, 0) is 6.54 Å². The maximum atomic E-state index is 9.57. The molecule has 1 unspecified atom stereocenters. The average molecular weight is 275 g/mol. The summed E-state index contributed by atoms with van der Waals surface area (Å²) in [5.74, 6) is 6.84. The molecule has 1 atom stereocenters. The van der Waals surface area contributed by atoms with Gasteiger partial charge in [0.15, 0.2) is 0 Å². The van der Waals surface area contributed by atoms with Crippen LogP contribution in [0.1, 0.15) is 43.1 Å². The number of aliphatic hydroxyl groups is 2. The third kappa shape index (κ3) is 3.70. The minimum atomic E-state index is -0.630. The molecule has 0 saturated carbocycles. The number of nitrogens with zero attached hydrogens (tertiary/aromatic N) is 3. The third-order valence-corrected chi connectivity index (χ3v) is 2.68. The summed E-state index contributed by atoms with van der Waals surface area (Å²) in [6.45, 7) is 2.28. The second-order valence-electron chi connectivity index (χ2n) is 4.40. The Kier molecular flexibility index (Phi) is 4.93. The summed E-state index contributed by atoms with van der Waals surface area (Å²) < 4.78 is 6.92. The molecule has 0 spiro atoms. The molecule has 106 valence electrons. The van der Waals surface area contributed by atoms with Crippen molar-refractivity contribution in [1.82, 2.24) is 14.7 Å². The molecular weight excluding hydrogens is 258 g/mol. The highest BCUT2D eigenvalue weighted by Gasteiger charge is 2.10. The summed E-state index contributed by atoms with van der Waals surface area (Å²) >= 11 is 0. The quantitative estimate of drug-likeness (QED) is 0.630. The monoisotopic (exact) mass is 275 g/mol. The highest BCUT2D eigenvalue weighted by atomic mass is 16.5. The average Bonchev–Trinajstić information content (AvgIpc) is 3.04. The summed E-state index contributed by atoms with van der Waals surface area (Å²) in [5, 5.41) is 22.2. The van der Waals surface area contributed by atoms with Gasteiger partial charge < -0.3 is 19.3 Å². The standard InChI is InChI=1S/C14H17N3O3/c1-11(19)14-15-6-7-17(14)10-12-9-13(20-16-12)5-3-2-4-8-18/h6-7,9,11,18-19H,2,4,8,10H2,1H3. The summed E-state index contributed by atoms with van der Waals surface area (Å²) in [6.07, 6.45) is 4.07. The fourth-order valence-corrected chi connectivity index (χ4v) is 1.76. The van der Waals surface area contributed by atoms with E-state index in [2.05, 4.69) is 22.0 Å². The smallest absolute Gasteiger partial charge is 0.209 e. The first-order chi connectivity index (χ1) is 9.70. The highest BCUT2D eigenvalue weighted by Crippen LogP contribution is 2.12. The van der Waals surface area contributed by atoms with Crippen molar-refractivity contribution in [2.75, 3.05) is 6.61 Å². The predicted molar refractivity (Wildman–Crippen MR) is 71.7 cm³/mol. The lowest BCUT2D eigenvalue weighted by atomic mass is 10.3. The summed E-state index contributed by atoms with van der Waals surface area (Å²) in [6, 6.07) is 1.76. The Bertz CT molecular complexity index is 604. The van der Waals surface area contributed by atoms with Crippen molar-refractivity contribution in [3.05, 3.63) is 35.7 Å². The van der Waals surface area contributed by atoms with E-state index in [0.717, 1.165) is 5.69 Å². The first kappa shape index (κ1) is 14.3. The van der Waals surface area contributed by atoms with Crippen molar-refractivity contribution in [1.29, 1.82) is 0 Å². The largest absolute Gasteiger partial charge is 0.396 e. The SMILES string of the molecule is CC(O)c1nccn1Cc1cc(C#CCCCO)on1. The third-order valence-electron chi connectivity index (χ3n) is 2.68. The fourth-order valence-electron chi connectivity index (χ4n) is 1.76. The highest BCUT2D eigenvalue weighted by molar-refractivity contribution is 5.26. The van der Waals surface area contributed by atoms with E-state index >= 15 is 0 Å². The Balaban J connectivity index is 2.02. The van der Waals surface area contributed by atoms with Gasteiger partial charge in [-0.3, -0.25) is 0 Å². The molecule has 2 rings (SSSR count). The van der Waals surface area contributed by atoms with E-state index in [4.69, 9.17) is 9.63 Å². The fraction of sp³-hybridized carbons (Fsp3) is 0.429. The minimum Gasteiger partial charge on any atom is -0.396 e. The number of aliphatic hydroxyl groups excluding tert-OH is 2. The van der Waals surface area contributed by atoms with Gasteiger partial charge in [-0.05, 0) is 19.3 Å². The van der Waals surface area contributed by atoms with E-state index in [-0.39, 0.29) is 6.61 Å². The second kappa shape index (κ2) is 6.89. The number of hydrogen-bond acceptors (Lipinski definition) is 5. The Morgan fingerprint density at radius 2 is 2.35 bits per heavy atom. The Morgan fingerprint density at radius 3 is 3.10 bits per heavy atom. The van der Waals surface area contributed by atoms with Gasteiger partial charge in [-0.1, -0.05) is 11.1 Å². The van der Waals surface area contributed by atoms with E-state index in [1.807, 2.05) is 4.57 Å². The van der Waals surface area contributed by atoms with E-state index in [0.29, 0.717) is 31.0 Å². The van der Waals surface area contributed by atoms with Crippen LogP contribution in [-0.4, -0.2) is 31.5 Å². The van der Waals surface area contributed by atoms with Gasteiger partial charge in [0.1, 0.15) is 17.6 Å². The van der Waals surface area contributed by atoms with Crippen LogP contribution in [0.2, 0.25) is 0 Å². The van der Waals surface area contributed by atoms with E-state index in [1.165, 1.54) is 0 Å². The molecule has 0 saturated heterocycles. The molecule has 0 bridgehead atoms. The molecule has 2 heterocycles. The van der Waals surface area contributed by atoms with Gasteiger partial charge in [0, 0.05) is 31.5 Å². The molecule has 20 heavy (non-hydrogen) atoms. The molecule has 0 amide bonds. The van der Waals surface area contributed by atoms with Crippen LogP contribution in [0.3, 0.4) is 0 Å². The van der Waals surface area contributed by atoms with Crippen molar-refractivity contribution in [2.24, 2.45) is 0 Å². The number of unbranched alkanes of at least 4 members (excludes halogenated alkanes) is 1. The zero-order valence-electron chi connectivity index (χ0n) is 11.3.